The van der Waals surface area contributed by atoms with Gasteiger partial charge in [-0.05, 0) is 129 Å². The Balaban J connectivity index is 2.07. The summed E-state index contributed by atoms with van der Waals surface area (Å²) >= 11 is 0. The molecule has 0 N–H and O–H groups in total. The Labute approximate surface area is 474 Å². The fraction of sp³-hybridized carbons (Fsp3) is 0.750. The van der Waals surface area contributed by atoms with Crippen LogP contribution in [0.1, 0.15) is 345 Å². The highest BCUT2D eigenvalue weighted by Crippen LogP contribution is 2.47. The van der Waals surface area contributed by atoms with Crippen molar-refractivity contribution in [2.24, 2.45) is 0 Å². The van der Waals surface area contributed by atoms with Crippen molar-refractivity contribution in [1.29, 1.82) is 0 Å². The summed E-state index contributed by atoms with van der Waals surface area (Å²) in [4.78, 5) is 0. The first-order valence-electron chi connectivity index (χ1n) is 33.7. The molecule has 0 bridgehead atoms. The maximum Gasteiger partial charge on any atom is 0.530 e. The lowest BCUT2D eigenvalue weighted by Crippen LogP contribution is -2.08. The molecule has 0 saturated heterocycles. The molecule has 0 spiro atoms. The van der Waals surface area contributed by atoms with Gasteiger partial charge >= 0.3 is 8.60 Å². The van der Waals surface area contributed by atoms with Gasteiger partial charge in [0.2, 0.25) is 0 Å². The predicted octanol–water partition coefficient (Wildman–Crippen LogP) is 25.2. The third kappa shape index (κ3) is 33.8. The van der Waals surface area contributed by atoms with Crippen LogP contribution in [0, 0.1) is 0 Å². The van der Waals surface area contributed by atoms with E-state index >= 15 is 0 Å². The molecule has 3 aromatic carbocycles. The SMILES string of the molecule is CCCCCCCCCc1ccc(CCCCCCCCC)c(OP(Oc2cc(CCCCCCCCC)ccc2CCCCCCCCC)Oc2cc(CCCCCCCCC)ccc2CCCCCCCCC)c1. The minimum Gasteiger partial charge on any atom is -0.408 e. The van der Waals surface area contributed by atoms with Crippen LogP contribution >= 0.6 is 8.60 Å². The van der Waals surface area contributed by atoms with Crippen LogP contribution in [0.15, 0.2) is 54.6 Å². The Morgan fingerprint density at radius 2 is 0.408 bits per heavy atom. The molecule has 0 aliphatic heterocycles. The zero-order valence-electron chi connectivity index (χ0n) is 51.3. The van der Waals surface area contributed by atoms with Crippen LogP contribution in [0.5, 0.6) is 17.2 Å². The van der Waals surface area contributed by atoms with E-state index in [1.807, 2.05) is 0 Å². The van der Waals surface area contributed by atoms with Gasteiger partial charge in [0.25, 0.3) is 0 Å². The van der Waals surface area contributed by atoms with Gasteiger partial charge < -0.3 is 13.6 Å². The summed E-state index contributed by atoms with van der Waals surface area (Å²) < 4.78 is 22.3. The average molecular weight is 1070 g/mol. The van der Waals surface area contributed by atoms with E-state index in [0.29, 0.717) is 0 Å². The first-order valence-corrected chi connectivity index (χ1v) is 34.8. The first kappa shape index (κ1) is 67.8. The third-order valence-corrected chi connectivity index (χ3v) is 17.3. The molecule has 0 heterocycles. The molecule has 4 heteroatoms. The number of hydrogen-bond donors (Lipinski definition) is 0. The smallest absolute Gasteiger partial charge is 0.408 e. The van der Waals surface area contributed by atoms with Gasteiger partial charge in [-0.25, -0.2) is 0 Å². The topological polar surface area (TPSA) is 27.7 Å². The molecule has 0 atom stereocenters. The molecule has 0 fully saturated rings. The Bertz CT molecular complexity index is 1570. The van der Waals surface area contributed by atoms with Gasteiger partial charge in [-0.2, -0.15) is 0 Å². The molecule has 0 unspecified atom stereocenters. The van der Waals surface area contributed by atoms with Gasteiger partial charge in [-0.1, -0.05) is 309 Å². The van der Waals surface area contributed by atoms with Crippen LogP contribution < -0.4 is 13.6 Å². The van der Waals surface area contributed by atoms with E-state index in [4.69, 9.17) is 13.6 Å². The molecule has 76 heavy (non-hydrogen) atoms. The molecule has 3 aromatic rings. The second-order valence-corrected chi connectivity index (χ2v) is 24.5. The lowest BCUT2D eigenvalue weighted by atomic mass is 10.00. The zero-order valence-corrected chi connectivity index (χ0v) is 52.2. The van der Waals surface area contributed by atoms with E-state index < -0.39 is 8.60 Å². The minimum atomic E-state index is -1.84. The number of rotatable bonds is 54. The molecule has 0 aromatic heterocycles. The molecule has 434 valence electrons. The molecule has 0 aliphatic carbocycles. The van der Waals surface area contributed by atoms with Gasteiger partial charge in [-0.15, -0.1) is 0 Å². The average Bonchev–Trinajstić information content (AvgIpc) is 3.43. The number of hydrogen-bond acceptors (Lipinski definition) is 3. The molecule has 3 rings (SSSR count). The Morgan fingerprint density at radius 3 is 0.618 bits per heavy atom. The third-order valence-electron chi connectivity index (χ3n) is 16.3. The van der Waals surface area contributed by atoms with Crippen molar-refractivity contribution in [3.8, 4) is 17.2 Å². The minimum absolute atomic E-state index is 0.984. The van der Waals surface area contributed by atoms with Crippen LogP contribution in [0.25, 0.3) is 0 Å². The summed E-state index contributed by atoms with van der Waals surface area (Å²) in [5, 5.41) is 0. The fourth-order valence-corrected chi connectivity index (χ4v) is 12.2. The summed E-state index contributed by atoms with van der Waals surface area (Å²) in [6, 6.07) is 21.6. The Morgan fingerprint density at radius 1 is 0.224 bits per heavy atom. The molecule has 0 amide bonds. The highest BCUT2D eigenvalue weighted by Gasteiger charge is 2.25. The van der Waals surface area contributed by atoms with Crippen LogP contribution in [-0.2, 0) is 38.5 Å². The second kappa shape index (κ2) is 48.4. The highest BCUT2D eigenvalue weighted by atomic mass is 31.2. The standard InChI is InChI=1S/C72H123O3P/c1-7-13-19-25-31-37-43-49-64-55-58-67(52-46-40-34-28-22-16-10-4)70(61-64)73-76(74-71-62-65(50-44-38-32-26-20-14-8-2)56-59-68(71)53-47-41-35-29-23-17-11-5)75-72-63-66(51-45-39-33-27-21-15-9-3)57-60-69(72)54-48-42-36-30-24-18-12-6/h55-63H,7-54H2,1-6H3. The van der Waals surface area contributed by atoms with E-state index in [0.717, 1.165) is 55.8 Å². The van der Waals surface area contributed by atoms with E-state index in [1.165, 1.54) is 303 Å². The lowest BCUT2D eigenvalue weighted by molar-refractivity contribution is 0.381. The Kier molecular flexibility index (Phi) is 43.2. The fourth-order valence-electron chi connectivity index (χ4n) is 11.1. The van der Waals surface area contributed by atoms with E-state index in [2.05, 4.69) is 96.1 Å². The molecule has 3 nitrogen and oxygen atoms in total. The highest BCUT2D eigenvalue weighted by molar-refractivity contribution is 7.43. The van der Waals surface area contributed by atoms with Crippen molar-refractivity contribution in [2.45, 2.75) is 350 Å². The van der Waals surface area contributed by atoms with Gasteiger partial charge in [0, 0.05) is 0 Å². The van der Waals surface area contributed by atoms with Gasteiger partial charge in [0.05, 0.1) is 0 Å². The molecule has 0 aliphatic rings. The van der Waals surface area contributed by atoms with Crippen LogP contribution in [0.4, 0.5) is 0 Å². The van der Waals surface area contributed by atoms with Crippen molar-refractivity contribution in [3.63, 3.8) is 0 Å². The van der Waals surface area contributed by atoms with Crippen molar-refractivity contribution >= 4 is 8.60 Å². The normalized spacial score (nSPS) is 11.6. The summed E-state index contributed by atoms with van der Waals surface area (Å²) in [7, 11) is -1.84. The number of benzene rings is 3. The second-order valence-electron chi connectivity index (χ2n) is 23.6. The summed E-state index contributed by atoms with van der Waals surface area (Å²) in [6.45, 7) is 13.9. The van der Waals surface area contributed by atoms with Gasteiger partial charge in [0.1, 0.15) is 17.2 Å². The summed E-state index contributed by atoms with van der Waals surface area (Å²) in [5.74, 6) is 2.95. The monoisotopic (exact) mass is 1070 g/mol. The molecule has 0 radical (unpaired) electrons. The largest absolute Gasteiger partial charge is 0.530 e. The van der Waals surface area contributed by atoms with Crippen molar-refractivity contribution < 1.29 is 13.6 Å². The number of aryl methyl sites for hydroxylation is 6. The van der Waals surface area contributed by atoms with Crippen molar-refractivity contribution in [1.82, 2.24) is 0 Å². The predicted molar refractivity (Wildman–Crippen MR) is 338 cm³/mol. The van der Waals surface area contributed by atoms with Gasteiger partial charge in [0.15, 0.2) is 0 Å². The summed E-state index contributed by atoms with van der Waals surface area (Å²) in [5.41, 5.74) is 8.08. The summed E-state index contributed by atoms with van der Waals surface area (Å²) in [6.07, 6.45) is 61.6. The van der Waals surface area contributed by atoms with E-state index in [1.54, 1.807) is 0 Å². The first-order chi connectivity index (χ1) is 37.5. The number of unbranched alkanes of at least 4 members (excludes halogenated alkanes) is 36. The van der Waals surface area contributed by atoms with Crippen LogP contribution in [0.2, 0.25) is 0 Å². The quantitative estimate of drug-likeness (QED) is 0.0416. The van der Waals surface area contributed by atoms with Crippen molar-refractivity contribution in [2.75, 3.05) is 0 Å². The lowest BCUT2D eigenvalue weighted by Gasteiger charge is -2.23. The van der Waals surface area contributed by atoms with Crippen molar-refractivity contribution in [3.05, 3.63) is 88.0 Å². The van der Waals surface area contributed by atoms with Gasteiger partial charge in [-0.3, -0.25) is 0 Å². The van der Waals surface area contributed by atoms with Crippen LogP contribution in [-0.4, -0.2) is 0 Å². The zero-order chi connectivity index (χ0) is 54.2. The van der Waals surface area contributed by atoms with E-state index in [-0.39, 0.29) is 0 Å². The maximum atomic E-state index is 7.44. The molecular weight excluding hydrogens is 944 g/mol. The Hall–Kier alpha value is -2.51. The maximum absolute atomic E-state index is 7.44. The molecular formula is C72H123O3P. The van der Waals surface area contributed by atoms with E-state index in [9.17, 15) is 0 Å². The van der Waals surface area contributed by atoms with Crippen LogP contribution in [0.3, 0.4) is 0 Å². The molecule has 0 saturated carbocycles.